The summed E-state index contributed by atoms with van der Waals surface area (Å²) in [7, 11) is -2.41. The topological polar surface area (TPSA) is 86.8 Å². The highest BCUT2D eigenvalue weighted by molar-refractivity contribution is 7.92. The van der Waals surface area contributed by atoms with Gasteiger partial charge in [0.15, 0.2) is 11.6 Å². The lowest BCUT2D eigenvalue weighted by molar-refractivity contribution is -0.141. The second kappa shape index (κ2) is 13.3. The third-order valence-corrected chi connectivity index (χ3v) is 7.32. The highest BCUT2D eigenvalue weighted by Gasteiger charge is 2.30. The average molecular weight is 562 g/mol. The number of rotatable bonds is 12. The van der Waals surface area contributed by atoms with Crippen LogP contribution >= 0.6 is 0 Å². The van der Waals surface area contributed by atoms with Crippen molar-refractivity contribution in [1.29, 1.82) is 0 Å². The smallest absolute Gasteiger partial charge is 0.242 e. The van der Waals surface area contributed by atoms with Crippen molar-refractivity contribution in [3.63, 3.8) is 0 Å². The van der Waals surface area contributed by atoms with E-state index in [9.17, 15) is 31.2 Å². The van der Waals surface area contributed by atoms with Gasteiger partial charge in [-0.2, -0.15) is 0 Å². The minimum Gasteiger partial charge on any atom is -0.357 e. The van der Waals surface area contributed by atoms with Crippen LogP contribution in [0.4, 0.5) is 18.9 Å². The van der Waals surface area contributed by atoms with Crippen molar-refractivity contribution in [2.45, 2.75) is 31.8 Å². The van der Waals surface area contributed by atoms with E-state index < -0.39 is 45.3 Å². The van der Waals surface area contributed by atoms with Crippen LogP contribution < -0.4 is 9.62 Å². The normalized spacial score (nSPS) is 12.0. The predicted octanol–water partition coefficient (Wildman–Crippen LogP) is 4.04. The molecule has 0 fully saturated rings. The van der Waals surface area contributed by atoms with Crippen molar-refractivity contribution in [3.05, 3.63) is 101 Å². The molecule has 3 rings (SSSR count). The van der Waals surface area contributed by atoms with E-state index in [0.717, 1.165) is 34.3 Å². The molecular weight excluding hydrogens is 531 g/mol. The van der Waals surface area contributed by atoms with Crippen LogP contribution in [0.5, 0.6) is 0 Å². The largest absolute Gasteiger partial charge is 0.357 e. The first-order chi connectivity index (χ1) is 18.5. The van der Waals surface area contributed by atoms with E-state index in [1.54, 1.807) is 0 Å². The second-order valence-electron chi connectivity index (χ2n) is 9.00. The maximum Gasteiger partial charge on any atom is 0.242 e. The van der Waals surface area contributed by atoms with Crippen molar-refractivity contribution in [2.24, 2.45) is 0 Å². The summed E-state index contributed by atoms with van der Waals surface area (Å²) in [5.41, 5.74) is 1.36. The summed E-state index contributed by atoms with van der Waals surface area (Å²) in [5, 5.41) is 2.59. The molecule has 1 N–H and O–H groups in total. The van der Waals surface area contributed by atoms with Crippen molar-refractivity contribution >= 4 is 27.5 Å². The zero-order valence-electron chi connectivity index (χ0n) is 21.6. The fourth-order valence-electron chi connectivity index (χ4n) is 4.15. The monoisotopic (exact) mass is 561 g/mol. The Morgan fingerprint density at radius 2 is 1.56 bits per heavy atom. The maximum atomic E-state index is 13.8. The summed E-state index contributed by atoms with van der Waals surface area (Å²) in [5.74, 6) is -3.58. The highest BCUT2D eigenvalue weighted by Crippen LogP contribution is 2.22. The number of nitrogens with one attached hydrogen (secondary N) is 1. The number of amides is 2. The van der Waals surface area contributed by atoms with Crippen LogP contribution in [-0.2, 0) is 32.6 Å². The summed E-state index contributed by atoms with van der Waals surface area (Å²) in [6, 6.07) is 16.6. The molecule has 39 heavy (non-hydrogen) atoms. The SMILES string of the molecule is CNC(=O)[C@H](Cc1ccccc1)N(Cc1ccc(F)cc1)C(=O)CCCN(c1ccc(F)c(F)c1)S(C)(=O)=O. The number of nitrogens with zero attached hydrogens (tertiary/aromatic N) is 2. The summed E-state index contributed by atoms with van der Waals surface area (Å²) >= 11 is 0. The number of carbonyl (C=O) groups excluding carboxylic acids is 2. The molecule has 0 bridgehead atoms. The minimum atomic E-state index is -3.87. The van der Waals surface area contributed by atoms with Gasteiger partial charge in [0, 0.05) is 39.0 Å². The fourth-order valence-corrected chi connectivity index (χ4v) is 5.11. The van der Waals surface area contributed by atoms with Crippen LogP contribution in [0.25, 0.3) is 0 Å². The molecule has 0 unspecified atom stereocenters. The van der Waals surface area contributed by atoms with Gasteiger partial charge in [0.05, 0.1) is 11.9 Å². The standard InChI is InChI=1S/C28H30F3N3O4S/c1-32-28(36)26(17-20-7-4-3-5-8-20)33(19-21-10-12-22(29)13-11-21)27(35)9-6-16-34(39(2,37)38)23-14-15-24(30)25(31)18-23/h3-5,7-8,10-15,18,26H,6,9,16-17,19H2,1-2H3,(H,32,36)/t26-/m0/s1. The molecule has 208 valence electrons. The molecule has 0 aromatic heterocycles. The van der Waals surface area contributed by atoms with E-state index in [-0.39, 0.29) is 38.0 Å². The van der Waals surface area contributed by atoms with E-state index in [2.05, 4.69) is 5.32 Å². The first-order valence-electron chi connectivity index (χ1n) is 12.2. The van der Waals surface area contributed by atoms with Gasteiger partial charge in [0.1, 0.15) is 11.9 Å². The van der Waals surface area contributed by atoms with Crippen molar-refractivity contribution in [3.8, 4) is 0 Å². The third-order valence-electron chi connectivity index (χ3n) is 6.13. The Balaban J connectivity index is 1.84. The molecule has 0 aliphatic rings. The number of halogens is 3. The Bertz CT molecular complexity index is 1390. The molecule has 0 spiro atoms. The maximum absolute atomic E-state index is 13.8. The summed E-state index contributed by atoms with van der Waals surface area (Å²) < 4.78 is 66.3. The van der Waals surface area contributed by atoms with Crippen LogP contribution in [-0.4, -0.2) is 51.0 Å². The van der Waals surface area contributed by atoms with Crippen LogP contribution in [0.2, 0.25) is 0 Å². The average Bonchev–Trinajstić information content (AvgIpc) is 2.90. The van der Waals surface area contributed by atoms with E-state index in [4.69, 9.17) is 0 Å². The van der Waals surface area contributed by atoms with Crippen molar-refractivity contribution in [1.82, 2.24) is 10.2 Å². The quantitative estimate of drug-likeness (QED) is 0.362. The van der Waals surface area contributed by atoms with Gasteiger partial charge in [-0.15, -0.1) is 0 Å². The zero-order valence-corrected chi connectivity index (χ0v) is 22.4. The number of likely N-dealkylation sites (N-methyl/N-ethyl adjacent to an activating group) is 1. The van der Waals surface area contributed by atoms with Gasteiger partial charge in [-0.05, 0) is 41.8 Å². The molecule has 0 heterocycles. The molecule has 0 radical (unpaired) electrons. The van der Waals surface area contributed by atoms with Crippen molar-refractivity contribution in [2.75, 3.05) is 24.2 Å². The zero-order chi connectivity index (χ0) is 28.6. The fraction of sp³-hybridized carbons (Fsp3) is 0.286. The van der Waals surface area contributed by atoms with E-state index >= 15 is 0 Å². The van der Waals surface area contributed by atoms with E-state index in [0.29, 0.717) is 5.56 Å². The number of carbonyl (C=O) groups is 2. The molecular formula is C28H30F3N3O4S. The number of hydrogen-bond acceptors (Lipinski definition) is 4. The lowest BCUT2D eigenvalue weighted by Gasteiger charge is -2.31. The first-order valence-corrected chi connectivity index (χ1v) is 14.1. The number of hydrogen-bond donors (Lipinski definition) is 1. The van der Waals surface area contributed by atoms with Crippen LogP contribution in [0, 0.1) is 17.5 Å². The van der Waals surface area contributed by atoms with Crippen LogP contribution in [0.3, 0.4) is 0 Å². The molecule has 3 aromatic carbocycles. The number of sulfonamides is 1. The van der Waals surface area contributed by atoms with Gasteiger partial charge in [0.25, 0.3) is 0 Å². The Hall–Kier alpha value is -3.86. The van der Waals surface area contributed by atoms with Crippen LogP contribution in [0.15, 0.2) is 72.8 Å². The first kappa shape index (κ1) is 29.7. The summed E-state index contributed by atoms with van der Waals surface area (Å²) in [6.45, 7) is -0.160. The minimum absolute atomic E-state index is 0.0169. The Morgan fingerprint density at radius 3 is 2.15 bits per heavy atom. The van der Waals surface area contributed by atoms with Crippen LogP contribution in [0.1, 0.15) is 24.0 Å². The molecule has 0 saturated carbocycles. The van der Waals surface area contributed by atoms with Crippen molar-refractivity contribution < 1.29 is 31.2 Å². The molecule has 0 saturated heterocycles. The lowest BCUT2D eigenvalue weighted by Crippen LogP contribution is -2.49. The van der Waals surface area contributed by atoms with E-state index in [1.807, 2.05) is 30.3 Å². The Morgan fingerprint density at radius 1 is 0.897 bits per heavy atom. The van der Waals surface area contributed by atoms with Gasteiger partial charge in [0.2, 0.25) is 21.8 Å². The highest BCUT2D eigenvalue weighted by atomic mass is 32.2. The number of benzene rings is 3. The third kappa shape index (κ3) is 8.31. The lowest BCUT2D eigenvalue weighted by atomic mass is 10.0. The Labute approximate surface area is 226 Å². The molecule has 0 aliphatic carbocycles. The Kier molecular flexibility index (Phi) is 10.1. The molecule has 3 aromatic rings. The molecule has 1 atom stereocenters. The summed E-state index contributed by atoms with van der Waals surface area (Å²) in [4.78, 5) is 27.9. The van der Waals surface area contributed by atoms with Gasteiger partial charge in [-0.25, -0.2) is 21.6 Å². The molecule has 11 heteroatoms. The summed E-state index contributed by atoms with van der Waals surface area (Å²) in [6.07, 6.45) is 1.05. The molecule has 7 nitrogen and oxygen atoms in total. The van der Waals surface area contributed by atoms with Gasteiger partial charge in [-0.3, -0.25) is 13.9 Å². The molecule has 0 aliphatic heterocycles. The van der Waals surface area contributed by atoms with Gasteiger partial charge in [-0.1, -0.05) is 42.5 Å². The number of anilines is 1. The predicted molar refractivity (Wildman–Crippen MR) is 143 cm³/mol. The van der Waals surface area contributed by atoms with Gasteiger partial charge >= 0.3 is 0 Å². The molecule has 2 amide bonds. The van der Waals surface area contributed by atoms with E-state index in [1.165, 1.54) is 36.2 Å². The second-order valence-corrected chi connectivity index (χ2v) is 10.9. The van der Waals surface area contributed by atoms with Gasteiger partial charge < -0.3 is 10.2 Å².